The van der Waals surface area contributed by atoms with Crippen molar-refractivity contribution in [3.8, 4) is 0 Å². The molecule has 2 N–H and O–H groups in total. The highest BCUT2D eigenvalue weighted by Crippen LogP contribution is 2.38. The Morgan fingerprint density at radius 3 is 2.29 bits per heavy atom. The smallest absolute Gasteiger partial charge is 0.307 e. The van der Waals surface area contributed by atoms with Crippen LogP contribution >= 0.6 is 0 Å². The van der Waals surface area contributed by atoms with E-state index in [2.05, 4.69) is 26.1 Å². The summed E-state index contributed by atoms with van der Waals surface area (Å²) in [5.41, 5.74) is 0. The van der Waals surface area contributed by atoms with E-state index < -0.39 is 11.9 Å². The lowest BCUT2D eigenvalue weighted by molar-refractivity contribution is -0.146. The number of nitrogens with one attached hydrogen (secondary N) is 1. The van der Waals surface area contributed by atoms with E-state index in [4.69, 9.17) is 0 Å². The minimum atomic E-state index is -0.821. The van der Waals surface area contributed by atoms with Crippen molar-refractivity contribution in [3.05, 3.63) is 0 Å². The molecule has 0 heterocycles. The van der Waals surface area contributed by atoms with Crippen molar-refractivity contribution in [1.29, 1.82) is 0 Å². The van der Waals surface area contributed by atoms with Crippen molar-refractivity contribution in [2.45, 2.75) is 72.3 Å². The van der Waals surface area contributed by atoms with Gasteiger partial charge in [-0.1, -0.05) is 40.0 Å². The van der Waals surface area contributed by atoms with Gasteiger partial charge in [0.05, 0.1) is 11.8 Å². The van der Waals surface area contributed by atoms with E-state index >= 15 is 0 Å². The quantitative estimate of drug-likeness (QED) is 0.721. The first-order valence-corrected chi connectivity index (χ1v) is 8.38. The summed E-state index contributed by atoms with van der Waals surface area (Å²) in [7, 11) is 0. The van der Waals surface area contributed by atoms with Crippen LogP contribution in [0.25, 0.3) is 0 Å². The van der Waals surface area contributed by atoms with Crippen LogP contribution in [0.4, 0.5) is 0 Å². The molecule has 0 radical (unpaired) electrons. The molecule has 2 unspecified atom stereocenters. The third-order valence-corrected chi connectivity index (χ3v) is 4.70. The van der Waals surface area contributed by atoms with E-state index in [-0.39, 0.29) is 17.9 Å². The summed E-state index contributed by atoms with van der Waals surface area (Å²) in [4.78, 5) is 23.7. The van der Waals surface area contributed by atoms with Gasteiger partial charge in [0, 0.05) is 6.04 Å². The molecule has 21 heavy (non-hydrogen) atoms. The Labute approximate surface area is 128 Å². The maximum Gasteiger partial charge on any atom is 0.307 e. The average molecular weight is 297 g/mol. The van der Waals surface area contributed by atoms with Gasteiger partial charge in [0.15, 0.2) is 0 Å². The second kappa shape index (κ2) is 8.40. The van der Waals surface area contributed by atoms with Gasteiger partial charge in [0.2, 0.25) is 5.91 Å². The summed E-state index contributed by atoms with van der Waals surface area (Å²) in [6.45, 7) is 8.48. The monoisotopic (exact) mass is 297 g/mol. The zero-order valence-electron chi connectivity index (χ0n) is 13.9. The molecule has 0 bridgehead atoms. The molecule has 0 aliphatic heterocycles. The van der Waals surface area contributed by atoms with Gasteiger partial charge in [-0.2, -0.15) is 0 Å². The number of rotatable bonds is 8. The van der Waals surface area contributed by atoms with Crippen molar-refractivity contribution in [1.82, 2.24) is 5.32 Å². The van der Waals surface area contributed by atoms with Crippen molar-refractivity contribution in [3.63, 3.8) is 0 Å². The average Bonchev–Trinajstić information content (AvgIpc) is 2.82. The summed E-state index contributed by atoms with van der Waals surface area (Å²) in [5.74, 6) is -0.672. The molecule has 0 aromatic rings. The van der Waals surface area contributed by atoms with Gasteiger partial charge in [-0.15, -0.1) is 0 Å². The first-order valence-electron chi connectivity index (χ1n) is 8.38. The van der Waals surface area contributed by atoms with E-state index in [0.29, 0.717) is 18.3 Å². The van der Waals surface area contributed by atoms with Gasteiger partial charge >= 0.3 is 5.97 Å². The van der Waals surface area contributed by atoms with Gasteiger partial charge in [-0.05, 0) is 38.0 Å². The van der Waals surface area contributed by atoms with Crippen LogP contribution in [0.3, 0.4) is 0 Å². The molecule has 4 nitrogen and oxygen atoms in total. The Morgan fingerprint density at radius 1 is 1.14 bits per heavy atom. The molecular formula is C17H31NO3. The minimum absolute atomic E-state index is 0.0598. The molecule has 0 aromatic carbocycles. The fourth-order valence-electron chi connectivity index (χ4n) is 3.29. The Morgan fingerprint density at radius 2 is 1.76 bits per heavy atom. The Balaban J connectivity index is 2.47. The number of amides is 1. The number of aliphatic carboxylic acids is 1. The maximum absolute atomic E-state index is 12.4. The SMILES string of the molecule is CCC1C[C@H](C(=O)NC(C)CCCC(C)C)[C@H](C(=O)O)C1. The zero-order valence-corrected chi connectivity index (χ0v) is 13.9. The number of carbonyl (C=O) groups is 2. The number of hydrogen-bond acceptors (Lipinski definition) is 2. The predicted octanol–water partition coefficient (Wildman–Crippen LogP) is 3.45. The molecule has 1 rings (SSSR count). The summed E-state index contributed by atoms with van der Waals surface area (Å²) in [6.07, 6.45) is 5.55. The Kier molecular flexibility index (Phi) is 7.20. The summed E-state index contributed by atoms with van der Waals surface area (Å²) >= 11 is 0. The van der Waals surface area contributed by atoms with Crippen LogP contribution in [0, 0.1) is 23.7 Å². The normalized spacial score (nSPS) is 26.8. The second-order valence-electron chi connectivity index (χ2n) is 7.03. The molecule has 4 atom stereocenters. The summed E-state index contributed by atoms with van der Waals surface area (Å²) in [6, 6.07) is 0.131. The van der Waals surface area contributed by atoms with Gasteiger partial charge in [0.25, 0.3) is 0 Å². The van der Waals surface area contributed by atoms with Gasteiger partial charge < -0.3 is 10.4 Å². The molecule has 1 saturated carbocycles. The fourth-order valence-corrected chi connectivity index (χ4v) is 3.29. The predicted molar refractivity (Wildman–Crippen MR) is 83.9 cm³/mol. The third-order valence-electron chi connectivity index (χ3n) is 4.70. The van der Waals surface area contributed by atoms with Crippen LogP contribution in [0.15, 0.2) is 0 Å². The highest BCUT2D eigenvalue weighted by atomic mass is 16.4. The van der Waals surface area contributed by atoms with E-state index in [1.807, 2.05) is 6.92 Å². The van der Waals surface area contributed by atoms with E-state index in [0.717, 1.165) is 25.7 Å². The number of carboxylic acids is 1. The number of hydrogen-bond donors (Lipinski definition) is 2. The van der Waals surface area contributed by atoms with E-state index in [9.17, 15) is 14.7 Å². The molecular weight excluding hydrogens is 266 g/mol. The molecule has 1 aliphatic carbocycles. The third kappa shape index (κ3) is 5.68. The molecule has 1 amide bonds. The van der Waals surface area contributed by atoms with Crippen molar-refractivity contribution in [2.75, 3.05) is 0 Å². The topological polar surface area (TPSA) is 66.4 Å². The summed E-state index contributed by atoms with van der Waals surface area (Å²) in [5, 5.41) is 12.3. The first-order chi connectivity index (χ1) is 9.85. The lowest BCUT2D eigenvalue weighted by Gasteiger charge is -2.20. The van der Waals surface area contributed by atoms with Crippen LogP contribution in [0.1, 0.15) is 66.2 Å². The van der Waals surface area contributed by atoms with Crippen LogP contribution in [0.5, 0.6) is 0 Å². The molecule has 4 heteroatoms. The number of carbonyl (C=O) groups excluding carboxylic acids is 1. The van der Waals surface area contributed by atoms with Crippen LogP contribution in [-0.2, 0) is 9.59 Å². The van der Waals surface area contributed by atoms with E-state index in [1.54, 1.807) is 0 Å². The Bertz CT molecular complexity index is 354. The van der Waals surface area contributed by atoms with E-state index in [1.165, 1.54) is 6.42 Å². The van der Waals surface area contributed by atoms with Crippen LogP contribution in [0.2, 0.25) is 0 Å². The molecule has 0 aromatic heterocycles. The standard InChI is InChI=1S/C17H31NO3/c1-5-13-9-14(15(10-13)17(20)21)16(19)18-12(4)8-6-7-11(2)3/h11-15H,5-10H2,1-4H3,(H,18,19)(H,20,21)/t12?,13?,14-,15+/m0/s1. The van der Waals surface area contributed by atoms with Gasteiger partial charge in [-0.3, -0.25) is 9.59 Å². The lowest BCUT2D eigenvalue weighted by Crippen LogP contribution is -2.40. The first kappa shape index (κ1) is 18.0. The lowest BCUT2D eigenvalue weighted by atomic mass is 9.94. The molecule has 1 fully saturated rings. The Hall–Kier alpha value is -1.06. The van der Waals surface area contributed by atoms with Crippen molar-refractivity contribution < 1.29 is 14.7 Å². The largest absolute Gasteiger partial charge is 0.481 e. The highest BCUT2D eigenvalue weighted by molar-refractivity contribution is 5.85. The number of carboxylic acid groups (broad SMARTS) is 1. The molecule has 1 aliphatic rings. The fraction of sp³-hybridized carbons (Fsp3) is 0.882. The summed E-state index contributed by atoms with van der Waals surface area (Å²) < 4.78 is 0. The maximum atomic E-state index is 12.4. The van der Waals surface area contributed by atoms with Crippen molar-refractivity contribution in [2.24, 2.45) is 23.7 Å². The molecule has 0 spiro atoms. The zero-order chi connectivity index (χ0) is 16.0. The highest BCUT2D eigenvalue weighted by Gasteiger charge is 2.42. The molecule has 0 saturated heterocycles. The molecule has 122 valence electrons. The minimum Gasteiger partial charge on any atom is -0.481 e. The second-order valence-corrected chi connectivity index (χ2v) is 7.03. The van der Waals surface area contributed by atoms with Crippen molar-refractivity contribution >= 4 is 11.9 Å². The van der Waals surface area contributed by atoms with Crippen LogP contribution < -0.4 is 5.32 Å². The van der Waals surface area contributed by atoms with Crippen LogP contribution in [-0.4, -0.2) is 23.0 Å². The van der Waals surface area contributed by atoms with Gasteiger partial charge in [0.1, 0.15) is 0 Å². The van der Waals surface area contributed by atoms with Gasteiger partial charge in [-0.25, -0.2) is 0 Å².